The van der Waals surface area contributed by atoms with E-state index in [2.05, 4.69) is 10.4 Å². The van der Waals surface area contributed by atoms with Crippen LogP contribution in [0.3, 0.4) is 0 Å². The molecule has 0 unspecified atom stereocenters. The van der Waals surface area contributed by atoms with Crippen molar-refractivity contribution in [3.8, 4) is 5.75 Å². The van der Waals surface area contributed by atoms with E-state index in [0.717, 1.165) is 10.8 Å². The highest BCUT2D eigenvalue weighted by molar-refractivity contribution is 6.10. The minimum Gasteiger partial charge on any atom is -0.495 e. The fourth-order valence-electron chi connectivity index (χ4n) is 3.38. The molecular weight excluding hydrogens is 368 g/mol. The van der Waals surface area contributed by atoms with E-state index in [0.29, 0.717) is 27.3 Å². The first-order chi connectivity index (χ1) is 13.4. The molecule has 1 N–H and O–H groups in total. The van der Waals surface area contributed by atoms with Crippen molar-refractivity contribution >= 4 is 33.5 Å². The Morgan fingerprint density at radius 1 is 1.18 bits per heavy atom. The van der Waals surface area contributed by atoms with Crippen LogP contribution in [0, 0.1) is 13.8 Å². The Morgan fingerprint density at radius 2 is 1.93 bits per heavy atom. The van der Waals surface area contributed by atoms with Gasteiger partial charge in [0.05, 0.1) is 29.7 Å². The summed E-state index contributed by atoms with van der Waals surface area (Å²) in [6, 6.07) is 11.0. The SMILES string of the molecule is COc1cc2c(cc1NC(=O)c1c(C)nn(C(F)F)c1C)oc1ccccc12. The molecule has 6 nitrogen and oxygen atoms in total. The third kappa shape index (κ3) is 2.77. The lowest BCUT2D eigenvalue weighted by Gasteiger charge is -2.11. The van der Waals surface area contributed by atoms with Crippen molar-refractivity contribution in [1.82, 2.24) is 9.78 Å². The average molecular weight is 385 g/mol. The predicted octanol–water partition coefficient (Wildman–Crippen LogP) is 5.06. The quantitative estimate of drug-likeness (QED) is 0.533. The molecule has 144 valence electrons. The summed E-state index contributed by atoms with van der Waals surface area (Å²) < 4.78 is 37.9. The number of aromatic nitrogens is 2. The number of carbonyl (C=O) groups is 1. The number of para-hydroxylation sites is 1. The van der Waals surface area contributed by atoms with Gasteiger partial charge in [0.2, 0.25) is 0 Å². The van der Waals surface area contributed by atoms with Crippen LogP contribution in [0.4, 0.5) is 14.5 Å². The Hall–Kier alpha value is -3.42. The lowest BCUT2D eigenvalue weighted by molar-refractivity contribution is 0.0540. The largest absolute Gasteiger partial charge is 0.495 e. The van der Waals surface area contributed by atoms with Gasteiger partial charge >= 0.3 is 6.55 Å². The van der Waals surface area contributed by atoms with Crippen molar-refractivity contribution in [1.29, 1.82) is 0 Å². The number of nitrogens with zero attached hydrogens (tertiary/aromatic N) is 2. The smallest absolute Gasteiger partial charge is 0.333 e. The van der Waals surface area contributed by atoms with Crippen molar-refractivity contribution in [3.63, 3.8) is 0 Å². The summed E-state index contributed by atoms with van der Waals surface area (Å²) in [7, 11) is 1.49. The zero-order valence-corrected chi connectivity index (χ0v) is 15.4. The van der Waals surface area contributed by atoms with Gasteiger partial charge in [-0.3, -0.25) is 4.79 Å². The lowest BCUT2D eigenvalue weighted by Crippen LogP contribution is -2.15. The first-order valence-electron chi connectivity index (χ1n) is 8.55. The monoisotopic (exact) mass is 385 g/mol. The second-order valence-electron chi connectivity index (χ2n) is 6.37. The van der Waals surface area contributed by atoms with Gasteiger partial charge in [0.15, 0.2) is 0 Å². The van der Waals surface area contributed by atoms with E-state index in [1.54, 1.807) is 12.1 Å². The molecular formula is C20H17F2N3O3. The van der Waals surface area contributed by atoms with Gasteiger partial charge in [-0.05, 0) is 26.0 Å². The van der Waals surface area contributed by atoms with Crippen LogP contribution in [-0.2, 0) is 0 Å². The molecule has 0 atom stereocenters. The van der Waals surface area contributed by atoms with Crippen LogP contribution < -0.4 is 10.1 Å². The number of hydrogen-bond acceptors (Lipinski definition) is 4. The summed E-state index contributed by atoms with van der Waals surface area (Å²) in [6.07, 6.45) is 0. The van der Waals surface area contributed by atoms with Crippen molar-refractivity contribution in [2.75, 3.05) is 12.4 Å². The number of fused-ring (bicyclic) bond motifs is 3. The highest BCUT2D eigenvalue weighted by Gasteiger charge is 2.23. The van der Waals surface area contributed by atoms with Gasteiger partial charge in [-0.25, -0.2) is 4.68 Å². The summed E-state index contributed by atoms with van der Waals surface area (Å²) in [5.41, 5.74) is 2.09. The first kappa shape index (κ1) is 18.0. The number of alkyl halides is 2. The molecule has 0 bridgehead atoms. The summed E-state index contributed by atoms with van der Waals surface area (Å²) in [5, 5.41) is 8.26. The molecule has 0 aliphatic carbocycles. The topological polar surface area (TPSA) is 69.3 Å². The number of halogens is 2. The zero-order valence-electron chi connectivity index (χ0n) is 15.4. The number of ether oxygens (including phenoxy) is 1. The average Bonchev–Trinajstić information content (AvgIpc) is 3.17. The number of furan rings is 1. The summed E-state index contributed by atoms with van der Waals surface area (Å²) in [6.45, 7) is 0.128. The van der Waals surface area contributed by atoms with Crippen LogP contribution in [0.1, 0.15) is 28.3 Å². The van der Waals surface area contributed by atoms with Crippen molar-refractivity contribution < 1.29 is 22.7 Å². The molecule has 0 saturated heterocycles. The number of hydrogen-bond donors (Lipinski definition) is 1. The predicted molar refractivity (Wildman–Crippen MR) is 101 cm³/mol. The molecule has 0 fully saturated rings. The van der Waals surface area contributed by atoms with Gasteiger partial charge < -0.3 is 14.5 Å². The van der Waals surface area contributed by atoms with Crippen LogP contribution in [0.15, 0.2) is 40.8 Å². The molecule has 4 rings (SSSR count). The highest BCUT2D eigenvalue weighted by Crippen LogP contribution is 2.36. The highest BCUT2D eigenvalue weighted by atomic mass is 19.3. The lowest BCUT2D eigenvalue weighted by atomic mass is 10.1. The van der Waals surface area contributed by atoms with Gasteiger partial charge in [0, 0.05) is 16.8 Å². The standard InChI is InChI=1S/C20H17F2N3O3/c1-10-18(11(2)25(24-10)20(21)22)19(26)23-14-9-16-13(8-17(14)27-3)12-6-4-5-7-15(12)28-16/h4-9,20H,1-3H3,(H,23,26). The van der Waals surface area contributed by atoms with Gasteiger partial charge in [-0.2, -0.15) is 13.9 Å². The Kier molecular flexibility index (Phi) is 4.26. The molecule has 0 aliphatic rings. The Labute approximate surface area is 158 Å². The zero-order chi connectivity index (χ0) is 20.0. The molecule has 1 amide bonds. The van der Waals surface area contributed by atoms with Crippen LogP contribution in [0.5, 0.6) is 5.75 Å². The maximum Gasteiger partial charge on any atom is 0.333 e. The number of benzene rings is 2. The first-order valence-corrected chi connectivity index (χ1v) is 8.55. The van der Waals surface area contributed by atoms with E-state index >= 15 is 0 Å². The van der Waals surface area contributed by atoms with Gasteiger partial charge in [-0.1, -0.05) is 18.2 Å². The Morgan fingerprint density at radius 3 is 2.61 bits per heavy atom. The molecule has 0 aliphatic heterocycles. The van der Waals surface area contributed by atoms with Crippen molar-refractivity contribution in [3.05, 3.63) is 53.3 Å². The molecule has 2 aromatic heterocycles. The normalized spacial score (nSPS) is 11.5. The molecule has 8 heteroatoms. The van der Waals surface area contributed by atoms with Gasteiger partial charge in [0.25, 0.3) is 5.91 Å². The second-order valence-corrected chi connectivity index (χ2v) is 6.37. The number of aryl methyl sites for hydroxylation is 1. The molecule has 2 aromatic carbocycles. The number of nitrogens with one attached hydrogen (secondary N) is 1. The van der Waals surface area contributed by atoms with Gasteiger partial charge in [0.1, 0.15) is 16.9 Å². The molecule has 0 radical (unpaired) electrons. The fourth-order valence-corrected chi connectivity index (χ4v) is 3.38. The third-order valence-corrected chi connectivity index (χ3v) is 4.68. The minimum absolute atomic E-state index is 0.0915. The number of amides is 1. The number of methoxy groups -OCH3 is 1. The fraction of sp³-hybridized carbons (Fsp3) is 0.200. The molecule has 4 aromatic rings. The maximum absolute atomic E-state index is 13.0. The Balaban J connectivity index is 1.77. The van der Waals surface area contributed by atoms with Crippen molar-refractivity contribution in [2.45, 2.75) is 20.4 Å². The third-order valence-electron chi connectivity index (χ3n) is 4.68. The number of anilines is 1. The molecule has 0 spiro atoms. The summed E-state index contributed by atoms with van der Waals surface area (Å²) >= 11 is 0. The number of rotatable bonds is 4. The molecule has 0 saturated carbocycles. The number of carbonyl (C=O) groups excluding carboxylic acids is 1. The van der Waals surface area contributed by atoms with E-state index < -0.39 is 12.5 Å². The van der Waals surface area contributed by atoms with E-state index in [1.165, 1.54) is 21.0 Å². The van der Waals surface area contributed by atoms with Crippen LogP contribution in [-0.4, -0.2) is 22.8 Å². The van der Waals surface area contributed by atoms with E-state index in [1.807, 2.05) is 24.3 Å². The Bertz CT molecular complexity index is 1210. The second kappa shape index (κ2) is 6.63. The van der Waals surface area contributed by atoms with Crippen molar-refractivity contribution in [2.24, 2.45) is 0 Å². The van der Waals surface area contributed by atoms with E-state index in [9.17, 15) is 13.6 Å². The van der Waals surface area contributed by atoms with Crippen LogP contribution >= 0.6 is 0 Å². The van der Waals surface area contributed by atoms with E-state index in [-0.39, 0.29) is 17.0 Å². The summed E-state index contributed by atoms with van der Waals surface area (Å²) in [4.78, 5) is 12.8. The molecule has 2 heterocycles. The summed E-state index contributed by atoms with van der Waals surface area (Å²) in [5.74, 6) is -0.111. The van der Waals surface area contributed by atoms with Crippen LogP contribution in [0.2, 0.25) is 0 Å². The maximum atomic E-state index is 13.0. The van der Waals surface area contributed by atoms with E-state index in [4.69, 9.17) is 9.15 Å². The van der Waals surface area contributed by atoms with Gasteiger partial charge in [-0.15, -0.1) is 0 Å². The van der Waals surface area contributed by atoms with Crippen LogP contribution in [0.25, 0.3) is 21.9 Å². The minimum atomic E-state index is -2.82. The molecule has 28 heavy (non-hydrogen) atoms.